The number of allylic oxidation sites excluding steroid dienone is 4. The van der Waals surface area contributed by atoms with Crippen LogP contribution >= 0.6 is 0 Å². The predicted molar refractivity (Wildman–Crippen MR) is 78.3 cm³/mol. The van der Waals surface area contributed by atoms with Gasteiger partial charge in [-0.05, 0) is 55.6 Å². The first-order valence-electron chi connectivity index (χ1n) is 7.37. The van der Waals surface area contributed by atoms with Crippen molar-refractivity contribution in [1.29, 1.82) is 0 Å². The van der Waals surface area contributed by atoms with Crippen molar-refractivity contribution in [3.63, 3.8) is 0 Å². The van der Waals surface area contributed by atoms with Crippen molar-refractivity contribution < 1.29 is 0 Å². The summed E-state index contributed by atoms with van der Waals surface area (Å²) in [6.45, 7) is 0. The Balaban J connectivity index is 2.02. The van der Waals surface area contributed by atoms with E-state index in [9.17, 15) is 0 Å². The van der Waals surface area contributed by atoms with Crippen molar-refractivity contribution in [1.82, 2.24) is 0 Å². The van der Waals surface area contributed by atoms with E-state index >= 15 is 0 Å². The zero-order valence-corrected chi connectivity index (χ0v) is 11.1. The minimum absolute atomic E-state index is 0.860. The average Bonchev–Trinajstić information content (AvgIpc) is 2.41. The van der Waals surface area contributed by atoms with Crippen LogP contribution < -0.4 is 0 Å². The van der Waals surface area contributed by atoms with E-state index in [1.165, 1.54) is 44.1 Å². The van der Waals surface area contributed by atoms with Gasteiger partial charge < -0.3 is 0 Å². The maximum Gasteiger partial charge on any atom is -0.00919 e. The third-order valence-corrected chi connectivity index (χ3v) is 4.42. The molecule has 18 heavy (non-hydrogen) atoms. The summed E-state index contributed by atoms with van der Waals surface area (Å²) < 4.78 is 0. The summed E-state index contributed by atoms with van der Waals surface area (Å²) in [6, 6.07) is 11.0. The van der Waals surface area contributed by atoms with Crippen LogP contribution in [-0.4, -0.2) is 0 Å². The van der Waals surface area contributed by atoms with Gasteiger partial charge in [0.2, 0.25) is 0 Å². The second-order valence-corrected chi connectivity index (χ2v) is 5.57. The van der Waals surface area contributed by atoms with Crippen LogP contribution in [0.5, 0.6) is 0 Å². The predicted octanol–water partition coefficient (Wildman–Crippen LogP) is 5.37. The van der Waals surface area contributed by atoms with Gasteiger partial charge in [-0.15, -0.1) is 0 Å². The Bertz CT molecular complexity index is 450. The first kappa shape index (κ1) is 11.8. The third kappa shape index (κ3) is 2.43. The van der Waals surface area contributed by atoms with Gasteiger partial charge >= 0.3 is 0 Å². The van der Waals surface area contributed by atoms with E-state index in [1.807, 2.05) is 0 Å². The molecule has 0 aliphatic heterocycles. The Morgan fingerprint density at radius 3 is 2.67 bits per heavy atom. The molecule has 0 bridgehead atoms. The fourth-order valence-corrected chi connectivity index (χ4v) is 3.49. The first-order chi connectivity index (χ1) is 8.95. The quantitative estimate of drug-likeness (QED) is 0.577. The van der Waals surface area contributed by atoms with Crippen molar-refractivity contribution >= 4 is 5.57 Å². The minimum Gasteiger partial charge on any atom is -0.0882 e. The lowest BCUT2D eigenvalue weighted by Crippen LogP contribution is -2.13. The summed E-state index contributed by atoms with van der Waals surface area (Å²) in [5.41, 5.74) is 4.85. The van der Waals surface area contributed by atoms with Gasteiger partial charge in [-0.3, -0.25) is 0 Å². The van der Waals surface area contributed by atoms with E-state index in [2.05, 4.69) is 42.5 Å². The smallest absolute Gasteiger partial charge is 0.00919 e. The van der Waals surface area contributed by atoms with Gasteiger partial charge in [-0.1, -0.05) is 54.5 Å². The zero-order chi connectivity index (χ0) is 12.2. The normalized spacial score (nSPS) is 30.1. The molecule has 3 rings (SSSR count). The number of rotatable bonds is 1. The van der Waals surface area contributed by atoms with Gasteiger partial charge in [0, 0.05) is 0 Å². The van der Waals surface area contributed by atoms with E-state index in [-0.39, 0.29) is 0 Å². The Hall–Kier alpha value is -1.30. The highest BCUT2D eigenvalue weighted by molar-refractivity contribution is 5.70. The largest absolute Gasteiger partial charge is 0.0882 e. The van der Waals surface area contributed by atoms with E-state index in [1.54, 1.807) is 11.1 Å². The van der Waals surface area contributed by atoms with Gasteiger partial charge in [0.25, 0.3) is 0 Å². The molecule has 2 aliphatic carbocycles. The Morgan fingerprint density at radius 1 is 0.889 bits per heavy atom. The molecule has 0 aromatic heterocycles. The van der Waals surface area contributed by atoms with Crippen LogP contribution in [0.1, 0.15) is 50.5 Å². The Morgan fingerprint density at radius 2 is 1.78 bits per heavy atom. The lowest BCUT2D eigenvalue weighted by Gasteiger charge is -2.29. The molecule has 0 heteroatoms. The number of hydrogen-bond acceptors (Lipinski definition) is 0. The van der Waals surface area contributed by atoms with E-state index < -0.39 is 0 Å². The minimum atomic E-state index is 0.860. The number of fused-ring (bicyclic) bond motifs is 1. The molecule has 0 N–H and O–H groups in total. The van der Waals surface area contributed by atoms with E-state index in [0.717, 1.165) is 12.3 Å². The van der Waals surface area contributed by atoms with Crippen molar-refractivity contribution in [2.24, 2.45) is 5.92 Å². The summed E-state index contributed by atoms with van der Waals surface area (Å²) in [5, 5.41) is 0. The maximum absolute atomic E-state index is 2.38. The fourth-order valence-electron chi connectivity index (χ4n) is 3.49. The van der Waals surface area contributed by atoms with Crippen LogP contribution in [0.15, 0.2) is 48.1 Å². The molecule has 1 aromatic carbocycles. The summed E-state index contributed by atoms with van der Waals surface area (Å²) in [4.78, 5) is 0. The van der Waals surface area contributed by atoms with Crippen molar-refractivity contribution in [3.05, 3.63) is 53.6 Å². The number of hydrogen-bond donors (Lipinski definition) is 0. The molecule has 0 radical (unpaired) electrons. The second kappa shape index (κ2) is 5.56. The van der Waals surface area contributed by atoms with Crippen LogP contribution in [0.2, 0.25) is 0 Å². The summed E-state index contributed by atoms with van der Waals surface area (Å²) in [5.74, 6) is 0.860. The van der Waals surface area contributed by atoms with Crippen molar-refractivity contribution in [3.8, 4) is 0 Å². The van der Waals surface area contributed by atoms with Crippen molar-refractivity contribution in [2.45, 2.75) is 44.9 Å². The molecular formula is C18H22. The molecule has 1 unspecified atom stereocenters. The lowest BCUT2D eigenvalue weighted by atomic mass is 9.76. The summed E-state index contributed by atoms with van der Waals surface area (Å²) >= 11 is 0. The van der Waals surface area contributed by atoms with Crippen LogP contribution in [0, 0.1) is 5.92 Å². The second-order valence-electron chi connectivity index (χ2n) is 5.57. The topological polar surface area (TPSA) is 0 Å². The number of benzene rings is 1. The molecule has 0 amide bonds. The van der Waals surface area contributed by atoms with Crippen molar-refractivity contribution in [2.75, 3.05) is 0 Å². The molecule has 0 nitrogen and oxygen atoms in total. The molecule has 2 aliphatic rings. The van der Waals surface area contributed by atoms with Crippen LogP contribution in [0.25, 0.3) is 5.57 Å². The van der Waals surface area contributed by atoms with E-state index in [0.29, 0.717) is 0 Å². The monoisotopic (exact) mass is 238 g/mol. The molecular weight excluding hydrogens is 216 g/mol. The van der Waals surface area contributed by atoms with Crippen LogP contribution in [-0.2, 0) is 0 Å². The standard InChI is InChI=1S/C18H22/c1-3-9-15(10-4-1)17-13-6-2-5-11-16-12-7-8-14-18(16)17/h1-4,6,9-10,16H,5,7-8,11-14H2/b6-2-,18-17+. The molecule has 1 aromatic rings. The highest BCUT2D eigenvalue weighted by Gasteiger charge is 2.22. The molecule has 1 atom stereocenters. The lowest BCUT2D eigenvalue weighted by molar-refractivity contribution is 0.431. The molecule has 0 saturated heterocycles. The Labute approximate surface area is 110 Å². The van der Waals surface area contributed by atoms with E-state index in [4.69, 9.17) is 0 Å². The molecule has 0 spiro atoms. The molecule has 94 valence electrons. The Kier molecular flexibility index (Phi) is 3.64. The van der Waals surface area contributed by atoms with Gasteiger partial charge in [-0.2, -0.15) is 0 Å². The van der Waals surface area contributed by atoms with Gasteiger partial charge in [0.05, 0.1) is 0 Å². The summed E-state index contributed by atoms with van der Waals surface area (Å²) in [6.07, 6.45) is 14.1. The first-order valence-corrected chi connectivity index (χ1v) is 7.37. The summed E-state index contributed by atoms with van der Waals surface area (Å²) in [7, 11) is 0. The zero-order valence-electron chi connectivity index (χ0n) is 11.1. The molecule has 0 heterocycles. The molecule has 1 fully saturated rings. The third-order valence-electron chi connectivity index (χ3n) is 4.42. The van der Waals surface area contributed by atoms with Gasteiger partial charge in [0.15, 0.2) is 0 Å². The highest BCUT2D eigenvalue weighted by Crippen LogP contribution is 2.40. The average molecular weight is 238 g/mol. The van der Waals surface area contributed by atoms with Gasteiger partial charge in [-0.25, -0.2) is 0 Å². The van der Waals surface area contributed by atoms with Crippen LogP contribution in [0.3, 0.4) is 0 Å². The fraction of sp³-hybridized carbons (Fsp3) is 0.444. The highest BCUT2D eigenvalue weighted by atomic mass is 14.3. The molecule has 1 saturated carbocycles. The SMILES string of the molecule is C1=C\C/C(c2ccccc2)=C2/CCCCC2CC/1. The van der Waals surface area contributed by atoms with Gasteiger partial charge in [0.1, 0.15) is 0 Å². The van der Waals surface area contributed by atoms with Crippen LogP contribution in [0.4, 0.5) is 0 Å². The maximum atomic E-state index is 2.38.